The monoisotopic (exact) mass is 279 g/mol. The Kier molecular flexibility index (Phi) is 3.96. The van der Waals surface area contributed by atoms with Crippen LogP contribution < -0.4 is 11.1 Å². The highest BCUT2D eigenvalue weighted by atomic mass is 32.1. The lowest BCUT2D eigenvalue weighted by Gasteiger charge is -2.14. The molecule has 0 saturated heterocycles. The zero-order chi connectivity index (χ0) is 14.0. The molecule has 1 atom stereocenters. The van der Waals surface area contributed by atoms with E-state index in [1.807, 2.05) is 6.07 Å². The molecule has 2 rings (SSSR count). The fraction of sp³-hybridized carbons (Fsp3) is 0.538. The first-order valence-electron chi connectivity index (χ1n) is 6.34. The number of carbonyl (C=O) groups is 1. The second-order valence-electron chi connectivity index (χ2n) is 4.65. The van der Waals surface area contributed by atoms with Crippen LogP contribution in [-0.4, -0.2) is 18.6 Å². The zero-order valence-electron chi connectivity index (χ0n) is 11.0. The minimum atomic E-state index is -0.469. The van der Waals surface area contributed by atoms with E-state index >= 15 is 0 Å². The van der Waals surface area contributed by atoms with Crippen molar-refractivity contribution < 1.29 is 9.53 Å². The van der Waals surface area contributed by atoms with E-state index in [-0.39, 0.29) is 18.3 Å². The first-order chi connectivity index (χ1) is 9.08. The summed E-state index contributed by atoms with van der Waals surface area (Å²) < 4.78 is 5.00. The van der Waals surface area contributed by atoms with E-state index in [2.05, 4.69) is 12.2 Å². The van der Waals surface area contributed by atoms with Crippen LogP contribution in [0.15, 0.2) is 0 Å². The summed E-state index contributed by atoms with van der Waals surface area (Å²) in [7, 11) is 0. The Morgan fingerprint density at radius 1 is 1.68 bits per heavy atom. The highest BCUT2D eigenvalue weighted by Gasteiger charge is 2.30. The van der Waals surface area contributed by atoms with Crippen LogP contribution in [0.5, 0.6) is 0 Å². The predicted molar refractivity (Wildman–Crippen MR) is 75.2 cm³/mol. The number of rotatable bonds is 5. The minimum absolute atomic E-state index is 0.219. The lowest BCUT2D eigenvalue weighted by atomic mass is 10.2. The number of carbonyl (C=O) groups excluding carboxylic acids is 1. The number of anilines is 2. The number of nitrogen functional groups attached to an aromatic ring is 1. The average Bonchev–Trinajstić information content (AvgIpc) is 3.16. The highest BCUT2D eigenvalue weighted by Crippen LogP contribution is 2.39. The van der Waals surface area contributed by atoms with E-state index in [4.69, 9.17) is 15.7 Å². The molecule has 1 unspecified atom stereocenters. The second kappa shape index (κ2) is 5.49. The Labute approximate surface area is 116 Å². The van der Waals surface area contributed by atoms with Gasteiger partial charge in [0.1, 0.15) is 21.5 Å². The molecule has 0 spiro atoms. The summed E-state index contributed by atoms with van der Waals surface area (Å²) >= 11 is 1.22. The van der Waals surface area contributed by atoms with Gasteiger partial charge in [0.15, 0.2) is 0 Å². The van der Waals surface area contributed by atoms with E-state index in [0.717, 1.165) is 0 Å². The van der Waals surface area contributed by atoms with Gasteiger partial charge in [0.25, 0.3) is 0 Å². The number of hydrogen-bond donors (Lipinski definition) is 2. The number of nitrogens with zero attached hydrogens (tertiary/aromatic N) is 1. The van der Waals surface area contributed by atoms with Crippen molar-refractivity contribution in [3.05, 3.63) is 10.4 Å². The molecule has 1 aromatic rings. The molecule has 0 amide bonds. The summed E-state index contributed by atoms with van der Waals surface area (Å²) in [5, 5.41) is 13.0. The normalized spacial score (nSPS) is 15.6. The van der Waals surface area contributed by atoms with Gasteiger partial charge in [0.2, 0.25) is 0 Å². The third-order valence-corrected chi connectivity index (χ3v) is 4.26. The SMILES string of the molecule is CCOC(=O)c1c(NC(C)C2CC2)sc(C#N)c1N. The molecule has 1 aliphatic rings. The molecule has 1 fully saturated rings. The van der Waals surface area contributed by atoms with Crippen LogP contribution in [0.3, 0.4) is 0 Å². The third-order valence-electron chi connectivity index (χ3n) is 3.21. The lowest BCUT2D eigenvalue weighted by molar-refractivity contribution is 0.0529. The highest BCUT2D eigenvalue weighted by molar-refractivity contribution is 7.17. The molecule has 1 saturated carbocycles. The summed E-state index contributed by atoms with van der Waals surface area (Å²) in [6.07, 6.45) is 2.41. The van der Waals surface area contributed by atoms with Crippen molar-refractivity contribution >= 4 is 28.0 Å². The fourth-order valence-corrected chi connectivity index (χ4v) is 2.96. The lowest BCUT2D eigenvalue weighted by Crippen LogP contribution is -2.19. The van der Waals surface area contributed by atoms with Crippen molar-refractivity contribution in [2.24, 2.45) is 5.92 Å². The molecule has 19 heavy (non-hydrogen) atoms. The number of nitrogens with one attached hydrogen (secondary N) is 1. The second-order valence-corrected chi connectivity index (χ2v) is 5.67. The molecule has 0 aromatic carbocycles. The topological polar surface area (TPSA) is 88.1 Å². The first-order valence-corrected chi connectivity index (χ1v) is 7.16. The van der Waals surface area contributed by atoms with Crippen LogP contribution in [0, 0.1) is 17.2 Å². The molecule has 3 N–H and O–H groups in total. The first kappa shape index (κ1) is 13.7. The van der Waals surface area contributed by atoms with Crippen molar-refractivity contribution in [2.45, 2.75) is 32.7 Å². The molecular weight excluding hydrogens is 262 g/mol. The number of nitrogens with two attached hydrogens (primary N) is 1. The van der Waals surface area contributed by atoms with E-state index in [9.17, 15) is 4.79 Å². The average molecular weight is 279 g/mol. The van der Waals surface area contributed by atoms with Gasteiger partial charge >= 0.3 is 5.97 Å². The van der Waals surface area contributed by atoms with Crippen LogP contribution in [-0.2, 0) is 4.74 Å². The van der Waals surface area contributed by atoms with E-state index in [0.29, 0.717) is 21.4 Å². The van der Waals surface area contributed by atoms with Crippen LogP contribution in [0.2, 0.25) is 0 Å². The molecule has 0 aliphatic heterocycles. The quantitative estimate of drug-likeness (QED) is 0.809. The van der Waals surface area contributed by atoms with Crippen LogP contribution in [0.1, 0.15) is 41.9 Å². The summed E-state index contributed by atoms with van der Waals surface area (Å²) in [5.74, 6) is 0.173. The zero-order valence-corrected chi connectivity index (χ0v) is 11.8. The van der Waals surface area contributed by atoms with Crippen molar-refractivity contribution in [1.29, 1.82) is 5.26 Å². The molecular formula is C13H17N3O2S. The maximum Gasteiger partial charge on any atom is 0.343 e. The molecule has 0 bridgehead atoms. The summed E-state index contributed by atoms with van der Waals surface area (Å²) in [6.45, 7) is 4.10. The number of thiophene rings is 1. The number of nitriles is 1. The van der Waals surface area contributed by atoms with Gasteiger partial charge in [0.05, 0.1) is 12.3 Å². The Bertz CT molecular complexity index is 529. The number of hydrogen-bond acceptors (Lipinski definition) is 6. The molecule has 1 heterocycles. The van der Waals surface area contributed by atoms with Crippen molar-refractivity contribution in [3.63, 3.8) is 0 Å². The van der Waals surface area contributed by atoms with Crippen molar-refractivity contribution in [3.8, 4) is 6.07 Å². The Balaban J connectivity index is 2.29. The van der Waals surface area contributed by atoms with Gasteiger partial charge in [-0.2, -0.15) is 5.26 Å². The summed E-state index contributed by atoms with van der Waals surface area (Å²) in [4.78, 5) is 12.3. The standard InChI is InChI=1S/C13H17N3O2S/c1-3-18-13(17)10-11(15)9(6-14)19-12(10)16-7(2)8-4-5-8/h7-8,16H,3-5,15H2,1-2H3. The van der Waals surface area contributed by atoms with Gasteiger partial charge in [0, 0.05) is 6.04 Å². The maximum atomic E-state index is 11.9. The van der Waals surface area contributed by atoms with E-state index in [1.54, 1.807) is 6.92 Å². The van der Waals surface area contributed by atoms with Gasteiger partial charge in [-0.15, -0.1) is 11.3 Å². The van der Waals surface area contributed by atoms with Crippen molar-refractivity contribution in [1.82, 2.24) is 0 Å². The van der Waals surface area contributed by atoms with Gasteiger partial charge in [-0.1, -0.05) is 0 Å². The molecule has 5 nitrogen and oxygen atoms in total. The summed E-state index contributed by atoms with van der Waals surface area (Å²) in [5.41, 5.74) is 6.38. The number of ether oxygens (including phenoxy) is 1. The van der Waals surface area contributed by atoms with Crippen LogP contribution in [0.25, 0.3) is 0 Å². The number of esters is 1. The molecule has 6 heteroatoms. The summed E-state index contributed by atoms with van der Waals surface area (Å²) in [6, 6.07) is 2.29. The molecule has 0 radical (unpaired) electrons. The predicted octanol–water partition coefficient (Wildman–Crippen LogP) is 2.59. The van der Waals surface area contributed by atoms with Crippen LogP contribution >= 0.6 is 11.3 Å². The van der Waals surface area contributed by atoms with Gasteiger partial charge < -0.3 is 15.8 Å². The van der Waals surface area contributed by atoms with Crippen LogP contribution in [0.4, 0.5) is 10.7 Å². The molecule has 1 aromatic heterocycles. The maximum absolute atomic E-state index is 11.9. The van der Waals surface area contributed by atoms with Gasteiger partial charge in [-0.3, -0.25) is 0 Å². The van der Waals surface area contributed by atoms with Crippen molar-refractivity contribution in [2.75, 3.05) is 17.7 Å². The van der Waals surface area contributed by atoms with E-state index < -0.39 is 5.97 Å². The molecule has 102 valence electrons. The van der Waals surface area contributed by atoms with Gasteiger partial charge in [-0.25, -0.2) is 4.79 Å². The molecule has 1 aliphatic carbocycles. The van der Waals surface area contributed by atoms with E-state index in [1.165, 1.54) is 24.2 Å². The largest absolute Gasteiger partial charge is 0.462 e. The Morgan fingerprint density at radius 3 is 2.89 bits per heavy atom. The Morgan fingerprint density at radius 2 is 2.37 bits per heavy atom. The Hall–Kier alpha value is -1.74. The smallest absolute Gasteiger partial charge is 0.343 e. The van der Waals surface area contributed by atoms with Gasteiger partial charge in [-0.05, 0) is 32.6 Å². The third kappa shape index (κ3) is 2.82. The fourth-order valence-electron chi connectivity index (χ4n) is 1.96. The minimum Gasteiger partial charge on any atom is -0.462 e.